The number of nitrogens with zero attached hydrogens (tertiary/aromatic N) is 3. The lowest BCUT2D eigenvalue weighted by Gasteiger charge is -2.05. The largest absolute Gasteiger partial charge is 0.437 e. The molecule has 5 nitrogen and oxygen atoms in total. The van der Waals surface area contributed by atoms with Crippen LogP contribution in [-0.4, -0.2) is 14.5 Å². The van der Waals surface area contributed by atoms with Crippen LogP contribution in [0.25, 0.3) is 10.9 Å². The summed E-state index contributed by atoms with van der Waals surface area (Å²) >= 11 is 0. The van der Waals surface area contributed by atoms with Gasteiger partial charge >= 0.3 is 0 Å². The van der Waals surface area contributed by atoms with Gasteiger partial charge < -0.3 is 15.0 Å². The van der Waals surface area contributed by atoms with Crippen molar-refractivity contribution in [2.75, 3.05) is 5.73 Å². The summed E-state index contributed by atoms with van der Waals surface area (Å²) in [5.41, 5.74) is 7.81. The number of hydrogen-bond donors (Lipinski definition) is 1. The Morgan fingerprint density at radius 1 is 1.32 bits per heavy atom. The fourth-order valence-electron chi connectivity index (χ4n) is 2.08. The van der Waals surface area contributed by atoms with Crippen LogP contribution in [0.1, 0.15) is 6.92 Å². The van der Waals surface area contributed by atoms with E-state index in [0.717, 1.165) is 28.9 Å². The Labute approximate surface area is 110 Å². The van der Waals surface area contributed by atoms with Gasteiger partial charge in [0.15, 0.2) is 0 Å². The maximum absolute atomic E-state index is 5.97. The van der Waals surface area contributed by atoms with Gasteiger partial charge in [-0.3, -0.25) is 4.98 Å². The summed E-state index contributed by atoms with van der Waals surface area (Å²) in [6, 6.07) is 5.81. The third kappa shape index (κ3) is 2.10. The molecule has 2 aromatic heterocycles. The summed E-state index contributed by atoms with van der Waals surface area (Å²) in [6.07, 6.45) is 6.73. The molecule has 0 radical (unpaired) electrons. The fourth-order valence-corrected chi connectivity index (χ4v) is 2.08. The maximum atomic E-state index is 5.97. The molecule has 1 aromatic carbocycles. The molecule has 0 aliphatic carbocycles. The van der Waals surface area contributed by atoms with Gasteiger partial charge in [-0.05, 0) is 19.1 Å². The van der Waals surface area contributed by atoms with Crippen LogP contribution in [0, 0.1) is 0 Å². The van der Waals surface area contributed by atoms with Crippen molar-refractivity contribution in [2.24, 2.45) is 0 Å². The Morgan fingerprint density at radius 2 is 2.21 bits per heavy atom. The third-order valence-electron chi connectivity index (χ3n) is 2.99. The molecular formula is C14H14N4O. The average Bonchev–Trinajstić information content (AvgIpc) is 2.76. The lowest BCUT2D eigenvalue weighted by Crippen LogP contribution is -1.92. The summed E-state index contributed by atoms with van der Waals surface area (Å²) in [4.78, 5) is 8.05. The van der Waals surface area contributed by atoms with Gasteiger partial charge in [-0.15, -0.1) is 0 Å². The lowest BCUT2D eigenvalue weighted by molar-refractivity contribution is 0.460. The van der Waals surface area contributed by atoms with Crippen molar-refractivity contribution < 1.29 is 4.74 Å². The monoisotopic (exact) mass is 254 g/mol. The zero-order valence-corrected chi connectivity index (χ0v) is 10.6. The van der Waals surface area contributed by atoms with Gasteiger partial charge in [-0.1, -0.05) is 0 Å². The molecule has 0 saturated heterocycles. The van der Waals surface area contributed by atoms with Gasteiger partial charge in [-0.2, -0.15) is 0 Å². The molecule has 3 aromatic rings. The second-order valence-corrected chi connectivity index (χ2v) is 4.20. The molecule has 2 N–H and O–H groups in total. The van der Waals surface area contributed by atoms with E-state index >= 15 is 0 Å². The molecule has 5 heteroatoms. The first-order valence-corrected chi connectivity index (χ1v) is 6.10. The minimum atomic E-state index is 0.476. The molecule has 2 heterocycles. The third-order valence-corrected chi connectivity index (χ3v) is 2.99. The number of rotatable bonds is 3. The predicted molar refractivity (Wildman–Crippen MR) is 74.1 cm³/mol. The summed E-state index contributed by atoms with van der Waals surface area (Å²) in [5.74, 6) is 1.20. The maximum Gasteiger partial charge on any atom is 0.237 e. The Morgan fingerprint density at radius 3 is 2.95 bits per heavy atom. The number of ether oxygens (including phenoxy) is 1. The molecule has 0 aliphatic rings. The van der Waals surface area contributed by atoms with E-state index in [-0.39, 0.29) is 0 Å². The van der Waals surface area contributed by atoms with E-state index in [0.29, 0.717) is 5.88 Å². The van der Waals surface area contributed by atoms with E-state index in [1.165, 1.54) is 0 Å². The topological polar surface area (TPSA) is 66.0 Å². The molecule has 19 heavy (non-hydrogen) atoms. The molecule has 0 unspecified atom stereocenters. The number of fused-ring (bicyclic) bond motifs is 1. The van der Waals surface area contributed by atoms with Crippen molar-refractivity contribution in [2.45, 2.75) is 13.5 Å². The molecule has 3 rings (SSSR count). The molecule has 96 valence electrons. The molecule has 0 amide bonds. The molecule has 0 aliphatic heterocycles. The van der Waals surface area contributed by atoms with E-state index in [1.54, 1.807) is 18.6 Å². The minimum absolute atomic E-state index is 0.476. The van der Waals surface area contributed by atoms with Crippen molar-refractivity contribution in [3.05, 3.63) is 43.0 Å². The highest BCUT2D eigenvalue weighted by Crippen LogP contribution is 2.29. The van der Waals surface area contributed by atoms with E-state index in [1.807, 2.05) is 24.4 Å². The number of anilines is 1. The molecular weight excluding hydrogens is 240 g/mol. The Kier molecular flexibility index (Phi) is 2.79. The van der Waals surface area contributed by atoms with E-state index in [2.05, 4.69) is 21.5 Å². The smallest absolute Gasteiger partial charge is 0.237 e. The summed E-state index contributed by atoms with van der Waals surface area (Å²) in [6.45, 7) is 2.94. The second-order valence-electron chi connectivity index (χ2n) is 4.20. The number of aryl methyl sites for hydroxylation is 1. The van der Waals surface area contributed by atoms with Crippen LogP contribution in [-0.2, 0) is 6.54 Å². The minimum Gasteiger partial charge on any atom is -0.437 e. The van der Waals surface area contributed by atoms with Crippen molar-refractivity contribution in [3.8, 4) is 11.6 Å². The van der Waals surface area contributed by atoms with Crippen LogP contribution in [0.2, 0.25) is 0 Å². The van der Waals surface area contributed by atoms with Gasteiger partial charge in [0.25, 0.3) is 0 Å². The second kappa shape index (κ2) is 4.61. The fraction of sp³-hybridized carbons (Fsp3) is 0.143. The van der Waals surface area contributed by atoms with Crippen LogP contribution >= 0.6 is 0 Å². The first-order valence-electron chi connectivity index (χ1n) is 6.10. The van der Waals surface area contributed by atoms with Crippen molar-refractivity contribution >= 4 is 16.6 Å². The number of nitrogens with two attached hydrogens (primary N) is 1. The van der Waals surface area contributed by atoms with Crippen LogP contribution in [0.5, 0.6) is 11.6 Å². The first-order chi connectivity index (χ1) is 9.28. The highest BCUT2D eigenvalue weighted by atomic mass is 16.5. The standard InChI is InChI=1S/C14H14N4O/c1-2-18-9-12(15)11-4-3-10(7-13(11)18)19-14-8-16-5-6-17-14/h3-9H,2,15H2,1H3. The predicted octanol–water partition coefficient (Wildman–Crippen LogP) is 2.83. The summed E-state index contributed by atoms with van der Waals surface area (Å²) < 4.78 is 7.76. The van der Waals surface area contributed by atoms with E-state index in [4.69, 9.17) is 10.5 Å². The van der Waals surface area contributed by atoms with Crippen LogP contribution in [0.15, 0.2) is 43.0 Å². The van der Waals surface area contributed by atoms with Crippen LogP contribution < -0.4 is 10.5 Å². The normalized spacial score (nSPS) is 10.8. The van der Waals surface area contributed by atoms with Gasteiger partial charge in [-0.25, -0.2) is 4.98 Å². The molecule has 0 fully saturated rings. The highest BCUT2D eigenvalue weighted by Gasteiger charge is 2.07. The van der Waals surface area contributed by atoms with Gasteiger partial charge in [0.05, 0.1) is 17.4 Å². The molecule has 0 saturated carbocycles. The number of hydrogen-bond acceptors (Lipinski definition) is 4. The van der Waals surface area contributed by atoms with Crippen LogP contribution in [0.4, 0.5) is 5.69 Å². The Balaban J connectivity index is 2.01. The molecule has 0 atom stereocenters. The number of aromatic nitrogens is 3. The summed E-state index contributed by atoms with van der Waals surface area (Å²) in [5, 5.41) is 1.04. The number of benzene rings is 1. The SMILES string of the molecule is CCn1cc(N)c2ccc(Oc3cnccn3)cc21. The van der Waals surface area contributed by atoms with E-state index in [9.17, 15) is 0 Å². The van der Waals surface area contributed by atoms with Gasteiger partial charge in [0, 0.05) is 36.6 Å². The van der Waals surface area contributed by atoms with Crippen molar-refractivity contribution in [1.82, 2.24) is 14.5 Å². The zero-order chi connectivity index (χ0) is 13.2. The Bertz CT molecular complexity index is 706. The van der Waals surface area contributed by atoms with Crippen LogP contribution in [0.3, 0.4) is 0 Å². The van der Waals surface area contributed by atoms with Gasteiger partial charge in [0.2, 0.25) is 5.88 Å². The average molecular weight is 254 g/mol. The van der Waals surface area contributed by atoms with Crippen molar-refractivity contribution in [3.63, 3.8) is 0 Å². The molecule has 0 bridgehead atoms. The highest BCUT2D eigenvalue weighted by molar-refractivity contribution is 5.92. The summed E-state index contributed by atoms with van der Waals surface area (Å²) in [7, 11) is 0. The Hall–Kier alpha value is -2.56. The van der Waals surface area contributed by atoms with Gasteiger partial charge in [0.1, 0.15) is 5.75 Å². The lowest BCUT2D eigenvalue weighted by atomic mass is 10.2. The quantitative estimate of drug-likeness (QED) is 0.780. The number of nitrogen functional groups attached to an aromatic ring is 1. The zero-order valence-electron chi connectivity index (χ0n) is 10.6. The van der Waals surface area contributed by atoms with E-state index < -0.39 is 0 Å². The van der Waals surface area contributed by atoms with Crippen molar-refractivity contribution in [1.29, 1.82) is 0 Å². The first kappa shape index (κ1) is 11.5. The molecule has 0 spiro atoms.